The maximum absolute atomic E-state index is 13.2. The molecule has 0 radical (unpaired) electrons. The average Bonchev–Trinajstić information content (AvgIpc) is 3.09. The maximum Gasteiger partial charge on any atom is 0.342 e. The Balaban J connectivity index is 2.03. The highest BCUT2D eigenvalue weighted by Gasteiger charge is 2.43. The van der Waals surface area contributed by atoms with Gasteiger partial charge < -0.3 is 38.3 Å². The SMILES string of the molecule is COCOc1cc2c(c(OCOC)c1)C(=O)O[C@@H](C)C/C=C\C(O)[C@@H]1OC(C)(C)O[C@@H]1C/C=C/2. The van der Waals surface area contributed by atoms with Crippen LogP contribution in [0.2, 0.25) is 0 Å². The molecule has 2 heterocycles. The molecule has 0 aromatic heterocycles. The Kier molecular flexibility index (Phi) is 9.10. The first-order valence-corrected chi connectivity index (χ1v) is 11.2. The smallest absolute Gasteiger partial charge is 0.342 e. The van der Waals surface area contributed by atoms with Crippen molar-refractivity contribution in [3.63, 3.8) is 0 Å². The van der Waals surface area contributed by atoms with Crippen LogP contribution in [0.4, 0.5) is 0 Å². The molecule has 0 spiro atoms. The number of carbonyl (C=O) groups is 1. The van der Waals surface area contributed by atoms with Crippen LogP contribution in [0.3, 0.4) is 0 Å². The summed E-state index contributed by atoms with van der Waals surface area (Å²) in [5, 5.41) is 10.7. The van der Waals surface area contributed by atoms with Gasteiger partial charge in [-0.3, -0.25) is 0 Å². The van der Waals surface area contributed by atoms with Gasteiger partial charge in [0.15, 0.2) is 19.4 Å². The molecule has 1 aromatic carbocycles. The third-order valence-corrected chi connectivity index (χ3v) is 5.32. The van der Waals surface area contributed by atoms with Crippen LogP contribution in [0.25, 0.3) is 6.08 Å². The topological polar surface area (TPSA) is 102 Å². The molecule has 0 aliphatic carbocycles. The predicted molar refractivity (Wildman–Crippen MR) is 124 cm³/mol. The highest BCUT2D eigenvalue weighted by atomic mass is 16.8. The summed E-state index contributed by atoms with van der Waals surface area (Å²) in [6, 6.07) is 3.31. The van der Waals surface area contributed by atoms with Gasteiger partial charge in [0.2, 0.25) is 0 Å². The van der Waals surface area contributed by atoms with Gasteiger partial charge in [-0.2, -0.15) is 0 Å². The van der Waals surface area contributed by atoms with Crippen LogP contribution in [0.15, 0.2) is 30.4 Å². The number of rotatable bonds is 6. The number of benzene rings is 1. The first kappa shape index (κ1) is 26.2. The minimum Gasteiger partial charge on any atom is -0.467 e. The van der Waals surface area contributed by atoms with Crippen molar-refractivity contribution in [3.05, 3.63) is 41.5 Å². The Morgan fingerprint density at radius 1 is 1.06 bits per heavy atom. The summed E-state index contributed by atoms with van der Waals surface area (Å²) in [6.45, 7) is 5.39. The quantitative estimate of drug-likeness (QED) is 0.374. The van der Waals surface area contributed by atoms with Crippen LogP contribution in [0, 0.1) is 0 Å². The molecule has 4 atom stereocenters. The number of hydrogen-bond donors (Lipinski definition) is 1. The lowest BCUT2D eigenvalue weighted by atomic mass is 10.0. The van der Waals surface area contributed by atoms with E-state index in [9.17, 15) is 9.90 Å². The van der Waals surface area contributed by atoms with Crippen LogP contribution in [-0.4, -0.2) is 69.1 Å². The molecule has 1 unspecified atom stereocenters. The number of cyclic esters (lactones) is 1. The van der Waals surface area contributed by atoms with Crippen LogP contribution in [-0.2, 0) is 23.7 Å². The van der Waals surface area contributed by atoms with Crippen molar-refractivity contribution in [2.75, 3.05) is 27.8 Å². The minimum atomic E-state index is -0.860. The van der Waals surface area contributed by atoms with Gasteiger partial charge >= 0.3 is 5.97 Å². The summed E-state index contributed by atoms with van der Waals surface area (Å²) in [5.41, 5.74) is 0.797. The minimum absolute atomic E-state index is 0.0297. The fourth-order valence-corrected chi connectivity index (χ4v) is 3.88. The molecule has 3 rings (SSSR count). The van der Waals surface area contributed by atoms with Gasteiger partial charge in [-0.25, -0.2) is 4.79 Å². The maximum atomic E-state index is 13.2. The first-order chi connectivity index (χ1) is 16.2. The summed E-state index contributed by atoms with van der Waals surface area (Å²) in [5.74, 6) is -0.638. The highest BCUT2D eigenvalue weighted by Crippen LogP contribution is 2.34. The van der Waals surface area contributed by atoms with Crippen LogP contribution in [0.1, 0.15) is 49.5 Å². The second-order valence-corrected chi connectivity index (χ2v) is 8.63. The van der Waals surface area contributed by atoms with Gasteiger partial charge in [-0.15, -0.1) is 0 Å². The molecular weight excluding hydrogens is 444 g/mol. The zero-order valence-corrected chi connectivity index (χ0v) is 20.3. The number of aliphatic hydroxyl groups excluding tert-OH is 1. The largest absolute Gasteiger partial charge is 0.467 e. The Morgan fingerprint density at radius 3 is 2.53 bits per heavy atom. The molecule has 1 fully saturated rings. The third kappa shape index (κ3) is 6.80. The molecule has 188 valence electrons. The fraction of sp³-hybridized carbons (Fsp3) is 0.560. The molecule has 9 nitrogen and oxygen atoms in total. The number of ether oxygens (including phenoxy) is 7. The van der Waals surface area contributed by atoms with Crippen LogP contribution in [0.5, 0.6) is 11.5 Å². The standard InChI is InChI=1S/C25H34O9/c1-16-8-6-10-19(26)23-20(33-25(2,3)34-23)11-7-9-17-12-18(30-14-28-4)13-21(31-15-29-5)22(17)24(27)32-16/h6-7,9-10,12-13,16,19-20,23,26H,8,11,14-15H2,1-5H3/b9-7+,10-6-/t16-,19?,20+,23-/m0/s1. The van der Waals surface area contributed by atoms with Crippen molar-refractivity contribution in [2.45, 2.75) is 63.8 Å². The normalized spacial score (nSPS) is 28.7. The second kappa shape index (κ2) is 11.8. The van der Waals surface area contributed by atoms with E-state index < -0.39 is 30.1 Å². The van der Waals surface area contributed by atoms with Gasteiger partial charge in [0.1, 0.15) is 35.4 Å². The lowest BCUT2D eigenvalue weighted by molar-refractivity contribution is -0.152. The van der Waals surface area contributed by atoms with E-state index in [2.05, 4.69) is 0 Å². The zero-order chi connectivity index (χ0) is 24.7. The van der Waals surface area contributed by atoms with Crippen molar-refractivity contribution in [2.24, 2.45) is 0 Å². The van der Waals surface area contributed by atoms with Gasteiger partial charge in [0, 0.05) is 26.7 Å². The second-order valence-electron chi connectivity index (χ2n) is 8.63. The number of hydrogen-bond acceptors (Lipinski definition) is 9. The summed E-state index contributed by atoms with van der Waals surface area (Å²) in [4.78, 5) is 13.2. The van der Waals surface area contributed by atoms with Crippen LogP contribution >= 0.6 is 0 Å². The molecule has 2 aliphatic rings. The Labute approximate surface area is 200 Å². The van der Waals surface area contributed by atoms with Gasteiger partial charge in [-0.1, -0.05) is 24.3 Å². The van der Waals surface area contributed by atoms with Crippen molar-refractivity contribution in [3.8, 4) is 11.5 Å². The van der Waals surface area contributed by atoms with Crippen molar-refractivity contribution < 1.29 is 43.1 Å². The zero-order valence-electron chi connectivity index (χ0n) is 20.3. The summed E-state index contributed by atoms with van der Waals surface area (Å²) < 4.78 is 39.0. The molecule has 0 bridgehead atoms. The number of fused-ring (bicyclic) bond motifs is 2. The lowest BCUT2D eigenvalue weighted by Crippen LogP contribution is -2.34. The Bertz CT molecular complexity index is 893. The van der Waals surface area contributed by atoms with Gasteiger partial charge in [-0.05, 0) is 38.8 Å². The van der Waals surface area contributed by atoms with Gasteiger partial charge in [0.25, 0.3) is 0 Å². The first-order valence-electron chi connectivity index (χ1n) is 11.2. The number of esters is 1. The monoisotopic (exact) mass is 478 g/mol. The summed E-state index contributed by atoms with van der Waals surface area (Å²) >= 11 is 0. The van der Waals surface area contributed by atoms with E-state index in [-0.39, 0.29) is 31.0 Å². The van der Waals surface area contributed by atoms with Crippen molar-refractivity contribution >= 4 is 12.0 Å². The molecule has 0 saturated carbocycles. The molecular formula is C25H34O9. The molecule has 9 heteroatoms. The van der Waals surface area contributed by atoms with E-state index >= 15 is 0 Å². The molecule has 0 amide bonds. The number of methoxy groups -OCH3 is 2. The number of aliphatic hydroxyl groups is 1. The number of carbonyl (C=O) groups excluding carboxylic acids is 1. The van der Waals surface area contributed by atoms with Crippen molar-refractivity contribution in [1.29, 1.82) is 0 Å². The van der Waals surface area contributed by atoms with E-state index in [1.165, 1.54) is 14.2 Å². The highest BCUT2D eigenvalue weighted by molar-refractivity contribution is 5.97. The third-order valence-electron chi connectivity index (χ3n) is 5.32. The molecule has 2 aliphatic heterocycles. The van der Waals surface area contributed by atoms with Crippen molar-refractivity contribution in [1.82, 2.24) is 0 Å². The van der Waals surface area contributed by atoms with E-state index in [1.54, 1.807) is 37.3 Å². The molecule has 1 saturated heterocycles. The van der Waals surface area contributed by atoms with E-state index in [1.807, 2.05) is 19.9 Å². The Morgan fingerprint density at radius 2 is 1.79 bits per heavy atom. The van der Waals surface area contributed by atoms with Gasteiger partial charge in [0.05, 0.1) is 6.10 Å². The lowest BCUT2D eigenvalue weighted by Gasteiger charge is -2.21. The van der Waals surface area contributed by atoms with Crippen LogP contribution < -0.4 is 9.47 Å². The molecule has 1 N–H and O–H groups in total. The average molecular weight is 479 g/mol. The predicted octanol–water partition coefficient (Wildman–Crippen LogP) is 3.44. The Hall–Kier alpha value is -2.43. The summed E-state index contributed by atoms with van der Waals surface area (Å²) in [7, 11) is 3.01. The summed E-state index contributed by atoms with van der Waals surface area (Å²) in [6.07, 6.45) is 5.72. The van der Waals surface area contributed by atoms with E-state index in [0.717, 1.165) is 0 Å². The fourth-order valence-electron chi connectivity index (χ4n) is 3.88. The molecule has 34 heavy (non-hydrogen) atoms. The van der Waals surface area contributed by atoms with E-state index in [0.29, 0.717) is 24.2 Å². The molecule has 1 aromatic rings. The van der Waals surface area contributed by atoms with E-state index in [4.69, 9.17) is 33.2 Å².